The Morgan fingerprint density at radius 2 is 1.72 bits per heavy atom. The second-order valence-corrected chi connectivity index (χ2v) is 18.1. The van der Waals surface area contributed by atoms with Crippen molar-refractivity contribution >= 4 is 45.3 Å². The zero-order chi connectivity index (χ0) is 36.8. The number of ketones is 1. The van der Waals surface area contributed by atoms with Crippen LogP contribution in [0.3, 0.4) is 0 Å². The van der Waals surface area contributed by atoms with Crippen molar-refractivity contribution in [3.05, 3.63) is 41.9 Å². The van der Waals surface area contributed by atoms with Crippen LogP contribution in [0.5, 0.6) is 0 Å². The van der Waals surface area contributed by atoms with Crippen LogP contribution >= 0.6 is 11.6 Å². The number of Topliss-reactive ketones (excluding diaryl/α,β-unsaturated/α-hetero) is 1. The summed E-state index contributed by atoms with van der Waals surface area (Å²) in [5.74, 6) is -3.73. The number of nitrogens with zero attached hydrogens (tertiary/aromatic N) is 4. The average molecular weight is 732 g/mol. The Bertz CT molecular complexity index is 1760. The van der Waals surface area contributed by atoms with E-state index >= 15 is 0 Å². The number of benzene rings is 1. The second kappa shape index (κ2) is 13.7. The molecule has 6 atom stereocenters. The largest absolute Gasteiger partial charge is 0.444 e. The van der Waals surface area contributed by atoms with Gasteiger partial charge in [0.15, 0.2) is 5.78 Å². The topological polar surface area (TPSA) is 191 Å². The van der Waals surface area contributed by atoms with Crippen LogP contribution in [0.1, 0.15) is 86.1 Å². The number of ether oxygens (including phenoxy) is 1. The summed E-state index contributed by atoms with van der Waals surface area (Å²) in [6, 6.07) is 5.32. The van der Waals surface area contributed by atoms with E-state index in [0.29, 0.717) is 35.7 Å². The predicted molar refractivity (Wildman–Crippen MR) is 185 cm³/mol. The molecule has 0 aliphatic heterocycles. The maximum absolute atomic E-state index is 14.5. The molecule has 0 saturated heterocycles. The molecule has 0 radical (unpaired) electrons. The van der Waals surface area contributed by atoms with Crippen LogP contribution in [0.25, 0.3) is 11.4 Å². The molecule has 272 valence electrons. The van der Waals surface area contributed by atoms with Crippen molar-refractivity contribution in [1.29, 1.82) is 0 Å². The first-order valence-corrected chi connectivity index (χ1v) is 18.7. The maximum atomic E-state index is 14.5. The van der Waals surface area contributed by atoms with Gasteiger partial charge in [-0.25, -0.2) is 13.2 Å². The summed E-state index contributed by atoms with van der Waals surface area (Å²) in [7, 11) is -3.88. The molecule has 1 aromatic carbocycles. The van der Waals surface area contributed by atoms with Crippen molar-refractivity contribution in [2.24, 2.45) is 23.2 Å². The molecular weight excluding hydrogens is 686 g/mol. The highest BCUT2D eigenvalue weighted by Gasteiger charge is 2.62. The number of sulfonamides is 1. The van der Waals surface area contributed by atoms with Gasteiger partial charge in [-0.05, 0) is 100 Å². The highest BCUT2D eigenvalue weighted by molar-refractivity contribution is 7.91. The molecule has 14 nitrogen and oxygen atoms in total. The third-order valence-electron chi connectivity index (χ3n) is 9.41. The van der Waals surface area contributed by atoms with Gasteiger partial charge in [0, 0.05) is 22.4 Å². The molecule has 3 saturated carbocycles. The smallest absolute Gasteiger partial charge is 0.408 e. The van der Waals surface area contributed by atoms with Crippen molar-refractivity contribution in [1.82, 2.24) is 35.6 Å². The fourth-order valence-corrected chi connectivity index (χ4v) is 8.04. The van der Waals surface area contributed by atoms with Gasteiger partial charge < -0.3 is 15.4 Å². The molecule has 3 aliphatic rings. The van der Waals surface area contributed by atoms with E-state index in [4.69, 9.17) is 16.3 Å². The molecule has 5 rings (SSSR count). The zero-order valence-corrected chi connectivity index (χ0v) is 30.8. The third-order valence-corrected chi connectivity index (χ3v) is 11.5. The van der Waals surface area contributed by atoms with Crippen LogP contribution in [0.2, 0.25) is 5.02 Å². The zero-order valence-electron chi connectivity index (χ0n) is 29.2. The highest BCUT2D eigenvalue weighted by atomic mass is 35.5. The van der Waals surface area contributed by atoms with Gasteiger partial charge in [0.05, 0.1) is 17.3 Å². The summed E-state index contributed by atoms with van der Waals surface area (Å²) in [5, 5.41) is 18.5. The monoisotopic (exact) mass is 731 g/mol. The molecule has 2 unspecified atom stereocenters. The van der Waals surface area contributed by atoms with Crippen molar-refractivity contribution in [3.63, 3.8) is 0 Å². The second-order valence-electron chi connectivity index (χ2n) is 15.7. The fraction of sp³-hybridized carbons (Fsp3) is 0.618. The van der Waals surface area contributed by atoms with E-state index in [2.05, 4.69) is 37.3 Å². The summed E-state index contributed by atoms with van der Waals surface area (Å²) < 4.78 is 33.1. The molecule has 0 bridgehead atoms. The minimum atomic E-state index is -3.88. The first-order chi connectivity index (χ1) is 23.2. The molecule has 16 heteroatoms. The van der Waals surface area contributed by atoms with Crippen molar-refractivity contribution in [2.45, 2.75) is 109 Å². The molecule has 3 N–H and O–H groups in total. The van der Waals surface area contributed by atoms with Crippen LogP contribution in [0.4, 0.5) is 4.79 Å². The summed E-state index contributed by atoms with van der Waals surface area (Å²) in [4.78, 5) is 56.6. The highest BCUT2D eigenvalue weighted by Crippen LogP contribution is 2.49. The lowest BCUT2D eigenvalue weighted by molar-refractivity contribution is -0.137. The van der Waals surface area contributed by atoms with Crippen LogP contribution in [0, 0.1) is 23.2 Å². The first-order valence-electron chi connectivity index (χ1n) is 16.8. The quantitative estimate of drug-likeness (QED) is 0.268. The fourth-order valence-electron chi connectivity index (χ4n) is 6.55. The Labute approximate surface area is 297 Å². The molecule has 1 aromatic heterocycles. The molecule has 50 heavy (non-hydrogen) atoms. The average Bonchev–Trinajstić information content (AvgIpc) is 3.87. The van der Waals surface area contributed by atoms with Crippen molar-refractivity contribution in [3.8, 4) is 11.4 Å². The van der Waals surface area contributed by atoms with E-state index in [9.17, 15) is 27.6 Å². The molecular formula is C34H46ClN7O7S. The number of halogens is 1. The van der Waals surface area contributed by atoms with Crippen LogP contribution in [0.15, 0.2) is 36.9 Å². The number of carbonyl (C=O) groups is 4. The Morgan fingerprint density at radius 1 is 1.08 bits per heavy atom. The lowest BCUT2D eigenvalue weighted by Gasteiger charge is -2.34. The van der Waals surface area contributed by atoms with Gasteiger partial charge in [-0.2, -0.15) is 4.80 Å². The number of allylic oxidation sites excluding steroid dienone is 1. The van der Waals surface area contributed by atoms with Gasteiger partial charge in [0.25, 0.3) is 5.91 Å². The third kappa shape index (κ3) is 8.36. The predicted octanol–water partition coefficient (Wildman–Crippen LogP) is 4.13. The Morgan fingerprint density at radius 3 is 2.30 bits per heavy atom. The minimum absolute atomic E-state index is 0.117. The van der Waals surface area contributed by atoms with Gasteiger partial charge in [-0.3, -0.25) is 19.1 Å². The Balaban J connectivity index is 1.45. The molecule has 2 aromatic rings. The van der Waals surface area contributed by atoms with E-state index in [1.54, 1.807) is 71.9 Å². The molecule has 3 aliphatic carbocycles. The van der Waals surface area contributed by atoms with Gasteiger partial charge in [0.2, 0.25) is 21.8 Å². The minimum Gasteiger partial charge on any atom is -0.444 e. The summed E-state index contributed by atoms with van der Waals surface area (Å²) >= 11 is 6.04. The van der Waals surface area contributed by atoms with Gasteiger partial charge in [-0.15, -0.1) is 16.8 Å². The van der Waals surface area contributed by atoms with Crippen LogP contribution < -0.4 is 15.4 Å². The summed E-state index contributed by atoms with van der Waals surface area (Å²) in [6.07, 6.45) is 2.61. The molecule has 0 spiro atoms. The normalized spacial score (nSPS) is 25.7. The lowest BCUT2D eigenvalue weighted by Crippen LogP contribution is -2.56. The number of alkyl carbamates (subject to hydrolysis) is 1. The van der Waals surface area contributed by atoms with E-state index in [-0.39, 0.29) is 25.2 Å². The van der Waals surface area contributed by atoms with Crippen LogP contribution in [-0.4, -0.2) is 74.7 Å². The molecule has 1 heterocycles. The number of carbonyl (C=O) groups excluding carboxylic acids is 4. The van der Waals surface area contributed by atoms with E-state index < -0.39 is 79.4 Å². The van der Waals surface area contributed by atoms with Gasteiger partial charge in [-0.1, -0.05) is 38.4 Å². The number of tetrazole rings is 1. The lowest BCUT2D eigenvalue weighted by atomic mass is 9.77. The standard InChI is InChI=1S/C34H46ClN7O7S/c1-8-9-20-18-34(20,30(45)40-50(47,48)23-14-15-23)37-29(44)25-17-22(42-39-28(38-41-42)19-10-12-21(35)13-11-19)16-24(25)26(43)27(32(2,3)4)36-31(46)49-33(5,6)7/h8,10-13,20,22-25,27H,1,9,14-18H2,2-7H3,(H,36,46)(H,37,44)(H,40,45)/t20-,22+,24?,25-,27?,34+/m1/s1. The number of hydrogen-bond donors (Lipinski definition) is 3. The van der Waals surface area contributed by atoms with E-state index in [0.717, 1.165) is 0 Å². The maximum Gasteiger partial charge on any atom is 0.408 e. The summed E-state index contributed by atoms with van der Waals surface area (Å²) in [5.41, 5.74) is -2.40. The van der Waals surface area contributed by atoms with E-state index in [1.165, 1.54) is 4.80 Å². The van der Waals surface area contributed by atoms with Crippen molar-refractivity contribution in [2.75, 3.05) is 0 Å². The Kier molecular flexibility index (Phi) is 10.2. The number of rotatable bonds is 12. The van der Waals surface area contributed by atoms with E-state index in [1.807, 2.05) is 0 Å². The van der Waals surface area contributed by atoms with Gasteiger partial charge >= 0.3 is 6.09 Å². The molecule has 3 amide bonds. The number of hydrogen-bond acceptors (Lipinski definition) is 10. The number of amides is 3. The Hall–Kier alpha value is -3.85. The van der Waals surface area contributed by atoms with Crippen LogP contribution in [-0.2, 0) is 29.1 Å². The number of aromatic nitrogens is 4. The molecule has 3 fully saturated rings. The van der Waals surface area contributed by atoms with Crippen molar-refractivity contribution < 1.29 is 32.3 Å². The van der Waals surface area contributed by atoms with Gasteiger partial charge in [0.1, 0.15) is 11.1 Å². The first kappa shape index (κ1) is 37.4. The summed E-state index contributed by atoms with van der Waals surface area (Å²) in [6.45, 7) is 14.3. The SMILES string of the molecule is C=CC[C@@H]1C[C@@]1(NC(=O)[C@@H]1C[C@@H](n2nnc(-c3ccc(Cl)cc3)n2)CC1C(=O)C(NC(=O)OC(C)(C)C)C(C)(C)C)C(=O)NS(=O)(=O)C1CC1. The number of nitrogens with one attached hydrogen (secondary N) is 3.